The van der Waals surface area contributed by atoms with Crippen LogP contribution in [0.15, 0.2) is 102 Å². The number of furan rings is 1. The van der Waals surface area contributed by atoms with E-state index in [9.17, 15) is 4.79 Å². The van der Waals surface area contributed by atoms with Crippen LogP contribution in [0, 0.1) is 0 Å². The van der Waals surface area contributed by atoms with Crippen molar-refractivity contribution in [3.05, 3.63) is 114 Å². The number of benzene rings is 2. The Morgan fingerprint density at radius 2 is 1.74 bits per heavy atom. The molecule has 1 saturated heterocycles. The van der Waals surface area contributed by atoms with Gasteiger partial charge in [-0.3, -0.25) is 9.78 Å². The number of fused-ring (bicyclic) bond motifs is 1. The van der Waals surface area contributed by atoms with Crippen LogP contribution < -0.4 is 4.90 Å². The molecule has 8 heteroatoms. The average molecular weight is 563 g/mol. The topological polar surface area (TPSA) is 70.6 Å². The van der Waals surface area contributed by atoms with Crippen LogP contribution in [0.2, 0.25) is 0 Å². The summed E-state index contributed by atoms with van der Waals surface area (Å²) in [7, 11) is 1.90. The Morgan fingerprint density at radius 1 is 0.929 bits per heavy atom. The Balaban J connectivity index is 1.13. The van der Waals surface area contributed by atoms with E-state index < -0.39 is 0 Å². The zero-order valence-corrected chi connectivity index (χ0v) is 24.2. The van der Waals surface area contributed by atoms with Crippen molar-refractivity contribution in [2.45, 2.75) is 25.3 Å². The minimum atomic E-state index is 0.0532. The van der Waals surface area contributed by atoms with E-state index in [0.29, 0.717) is 13.1 Å². The van der Waals surface area contributed by atoms with Gasteiger partial charge in [0.05, 0.1) is 23.8 Å². The molecule has 42 heavy (non-hydrogen) atoms. The summed E-state index contributed by atoms with van der Waals surface area (Å²) in [5, 5.41) is 0. The summed E-state index contributed by atoms with van der Waals surface area (Å²) in [6.45, 7) is 6.16. The van der Waals surface area contributed by atoms with Gasteiger partial charge in [0.15, 0.2) is 0 Å². The normalized spacial score (nSPS) is 15.0. The fraction of sp³-hybridized carbons (Fsp3) is 0.324. The summed E-state index contributed by atoms with van der Waals surface area (Å²) in [5.74, 6) is 2.21. The smallest absolute Gasteiger partial charge is 0.253 e. The van der Waals surface area contributed by atoms with Crippen molar-refractivity contribution in [3.8, 4) is 0 Å². The third-order valence-corrected chi connectivity index (χ3v) is 8.23. The van der Waals surface area contributed by atoms with Crippen molar-refractivity contribution in [2.75, 3.05) is 51.2 Å². The molecule has 6 rings (SSSR count). The van der Waals surface area contributed by atoms with Gasteiger partial charge in [0.2, 0.25) is 5.95 Å². The number of carbonyl (C=O) groups is 1. The van der Waals surface area contributed by atoms with Crippen molar-refractivity contribution in [2.24, 2.45) is 0 Å². The largest absolute Gasteiger partial charge is 0.467 e. The number of para-hydroxylation sites is 2. The lowest BCUT2D eigenvalue weighted by Crippen LogP contribution is -2.35. The van der Waals surface area contributed by atoms with Crippen molar-refractivity contribution in [1.82, 2.24) is 24.3 Å². The number of nitrogens with zero attached hydrogens (tertiary/aromatic N) is 6. The summed E-state index contributed by atoms with van der Waals surface area (Å²) in [5.41, 5.74) is 4.08. The third kappa shape index (κ3) is 6.39. The highest BCUT2D eigenvalue weighted by atomic mass is 16.3. The van der Waals surface area contributed by atoms with Crippen LogP contribution in [0.1, 0.15) is 40.4 Å². The van der Waals surface area contributed by atoms with Crippen LogP contribution in [0.25, 0.3) is 11.0 Å². The summed E-state index contributed by atoms with van der Waals surface area (Å²) in [4.78, 5) is 29.2. The minimum absolute atomic E-state index is 0.0532. The highest BCUT2D eigenvalue weighted by molar-refractivity contribution is 5.94. The van der Waals surface area contributed by atoms with Gasteiger partial charge < -0.3 is 23.7 Å². The third-order valence-electron chi connectivity index (χ3n) is 8.23. The Hall–Kier alpha value is -4.43. The summed E-state index contributed by atoms with van der Waals surface area (Å²) >= 11 is 0. The highest BCUT2D eigenvalue weighted by Crippen LogP contribution is 2.26. The molecule has 8 nitrogen and oxygen atoms in total. The van der Waals surface area contributed by atoms with Crippen LogP contribution >= 0.6 is 0 Å². The van der Waals surface area contributed by atoms with E-state index in [4.69, 9.17) is 9.40 Å². The lowest BCUT2D eigenvalue weighted by atomic mass is 9.95. The lowest BCUT2D eigenvalue weighted by Gasteiger charge is -2.28. The zero-order valence-electron chi connectivity index (χ0n) is 24.2. The number of pyridine rings is 1. The molecule has 0 saturated carbocycles. The summed E-state index contributed by atoms with van der Waals surface area (Å²) < 4.78 is 7.97. The molecule has 3 aromatic heterocycles. The minimum Gasteiger partial charge on any atom is -0.467 e. The second-order valence-corrected chi connectivity index (χ2v) is 11.1. The highest BCUT2D eigenvalue weighted by Gasteiger charge is 2.24. The molecule has 1 amide bonds. The number of imidazole rings is 1. The Kier molecular flexibility index (Phi) is 8.61. The molecule has 1 aliphatic rings. The SMILES string of the molecule is CN(CC(CCN1CCCN(c2nc3ccccc3n2Cc2ccco2)CC1)c1ccncc1)C(=O)c1ccccc1. The van der Waals surface area contributed by atoms with Crippen molar-refractivity contribution in [1.29, 1.82) is 0 Å². The first kappa shape index (κ1) is 27.7. The van der Waals surface area contributed by atoms with E-state index in [0.717, 1.165) is 73.9 Å². The average Bonchev–Trinajstić information content (AvgIpc) is 3.62. The second kappa shape index (κ2) is 13.0. The molecule has 4 heterocycles. The van der Waals surface area contributed by atoms with Crippen LogP contribution in [0.3, 0.4) is 0 Å². The molecule has 0 radical (unpaired) electrons. The van der Waals surface area contributed by atoms with Gasteiger partial charge in [0.25, 0.3) is 5.91 Å². The monoisotopic (exact) mass is 562 g/mol. The first-order valence-corrected chi connectivity index (χ1v) is 14.8. The molecule has 1 unspecified atom stereocenters. The van der Waals surface area contributed by atoms with E-state index >= 15 is 0 Å². The summed E-state index contributed by atoms with van der Waals surface area (Å²) in [6, 6.07) is 26.0. The number of carbonyl (C=O) groups excluding carboxylic acids is 1. The molecular weight excluding hydrogens is 524 g/mol. The molecule has 0 N–H and O–H groups in total. The van der Waals surface area contributed by atoms with E-state index in [2.05, 4.69) is 49.7 Å². The number of hydrogen-bond acceptors (Lipinski definition) is 6. The molecule has 2 aromatic carbocycles. The van der Waals surface area contributed by atoms with E-state index in [-0.39, 0.29) is 11.8 Å². The van der Waals surface area contributed by atoms with Gasteiger partial charge in [-0.1, -0.05) is 30.3 Å². The molecule has 0 spiro atoms. The lowest BCUT2D eigenvalue weighted by molar-refractivity contribution is 0.0782. The number of anilines is 1. The van der Waals surface area contributed by atoms with Crippen molar-refractivity contribution < 1.29 is 9.21 Å². The molecular formula is C34H38N6O2. The standard InChI is InChI=1S/C34H38N6O2/c1-37(33(41)28-9-3-2-4-10-28)25-29(27-14-17-35-18-15-27)16-21-38-19-8-20-39(23-22-38)34-36-31-12-5-6-13-32(31)40(34)26-30-11-7-24-42-30/h2-7,9-15,17-18,24,29H,8,16,19-23,25-26H2,1H3. The first-order chi connectivity index (χ1) is 20.7. The van der Waals surface area contributed by atoms with Crippen LogP contribution in [-0.2, 0) is 6.54 Å². The quantitative estimate of drug-likeness (QED) is 0.223. The maximum atomic E-state index is 13.1. The molecule has 1 aliphatic heterocycles. The Labute approximate surface area is 247 Å². The maximum Gasteiger partial charge on any atom is 0.253 e. The van der Waals surface area contributed by atoms with E-state index in [1.54, 1.807) is 6.26 Å². The number of hydrogen-bond donors (Lipinski definition) is 0. The van der Waals surface area contributed by atoms with Gasteiger partial charge in [-0.15, -0.1) is 0 Å². The first-order valence-electron chi connectivity index (χ1n) is 14.8. The fourth-order valence-electron chi connectivity index (χ4n) is 5.96. The fourth-order valence-corrected chi connectivity index (χ4v) is 5.96. The van der Waals surface area contributed by atoms with Gasteiger partial charge in [0, 0.05) is 57.1 Å². The maximum absolute atomic E-state index is 13.1. The Morgan fingerprint density at radius 3 is 2.55 bits per heavy atom. The van der Waals surface area contributed by atoms with E-state index in [1.807, 2.05) is 72.9 Å². The van der Waals surface area contributed by atoms with Gasteiger partial charge in [-0.25, -0.2) is 4.98 Å². The number of likely N-dealkylation sites (N-methyl/N-ethyl adjacent to an activating group) is 1. The molecule has 1 atom stereocenters. The Bertz CT molecular complexity index is 1570. The number of amides is 1. The van der Waals surface area contributed by atoms with Gasteiger partial charge in [-0.05, 0) is 80.0 Å². The number of aromatic nitrogens is 3. The van der Waals surface area contributed by atoms with Gasteiger partial charge >= 0.3 is 0 Å². The molecule has 216 valence electrons. The van der Waals surface area contributed by atoms with Crippen molar-refractivity contribution >= 4 is 22.9 Å². The predicted octanol–water partition coefficient (Wildman–Crippen LogP) is 5.53. The molecule has 5 aromatic rings. The number of rotatable bonds is 10. The van der Waals surface area contributed by atoms with Crippen LogP contribution in [0.4, 0.5) is 5.95 Å². The zero-order chi connectivity index (χ0) is 28.7. The van der Waals surface area contributed by atoms with E-state index in [1.165, 1.54) is 5.56 Å². The molecule has 1 fully saturated rings. The predicted molar refractivity (Wildman–Crippen MR) is 166 cm³/mol. The summed E-state index contributed by atoms with van der Waals surface area (Å²) in [6.07, 6.45) is 7.45. The molecule has 0 aliphatic carbocycles. The van der Waals surface area contributed by atoms with Crippen LogP contribution in [0.5, 0.6) is 0 Å². The van der Waals surface area contributed by atoms with Crippen LogP contribution in [-0.4, -0.2) is 76.6 Å². The molecule has 0 bridgehead atoms. The van der Waals surface area contributed by atoms with Gasteiger partial charge in [-0.2, -0.15) is 0 Å². The van der Waals surface area contributed by atoms with Crippen molar-refractivity contribution in [3.63, 3.8) is 0 Å². The van der Waals surface area contributed by atoms with Gasteiger partial charge in [0.1, 0.15) is 5.76 Å². The second-order valence-electron chi connectivity index (χ2n) is 11.1.